The summed E-state index contributed by atoms with van der Waals surface area (Å²) in [6.45, 7) is 4.55. The van der Waals surface area contributed by atoms with Gasteiger partial charge in [0.05, 0.1) is 20.3 Å². The number of benzene rings is 2. The third kappa shape index (κ3) is 5.03. The van der Waals surface area contributed by atoms with Gasteiger partial charge in [0.2, 0.25) is 0 Å². The molecule has 0 spiro atoms. The van der Waals surface area contributed by atoms with E-state index in [0.717, 1.165) is 31.9 Å². The number of rotatable bonds is 7. The average Bonchev–Trinajstić information content (AvgIpc) is 2.75. The Morgan fingerprint density at radius 3 is 2.32 bits per heavy atom. The Kier molecular flexibility index (Phi) is 6.90. The molecule has 1 aliphatic rings. The maximum atomic E-state index is 12.7. The Balaban J connectivity index is 1.73. The van der Waals surface area contributed by atoms with Crippen LogP contribution >= 0.6 is 0 Å². The van der Waals surface area contributed by atoms with Crippen molar-refractivity contribution in [1.29, 1.82) is 0 Å². The zero-order chi connectivity index (χ0) is 19.9. The average molecular weight is 383 g/mol. The molecule has 1 aliphatic heterocycles. The lowest BCUT2D eigenvalue weighted by atomic mass is 10.0. The lowest BCUT2D eigenvalue weighted by Gasteiger charge is -2.38. The van der Waals surface area contributed by atoms with Crippen LogP contribution in [0.1, 0.15) is 22.0 Å². The van der Waals surface area contributed by atoms with Gasteiger partial charge in [-0.2, -0.15) is 0 Å². The van der Waals surface area contributed by atoms with Gasteiger partial charge in [-0.15, -0.1) is 0 Å². The molecule has 0 bridgehead atoms. The van der Waals surface area contributed by atoms with Gasteiger partial charge in [0.15, 0.2) is 0 Å². The Hall–Kier alpha value is -2.57. The van der Waals surface area contributed by atoms with E-state index in [0.29, 0.717) is 17.9 Å². The van der Waals surface area contributed by atoms with Crippen molar-refractivity contribution in [2.24, 2.45) is 0 Å². The van der Waals surface area contributed by atoms with Crippen LogP contribution in [0.4, 0.5) is 0 Å². The summed E-state index contributed by atoms with van der Waals surface area (Å²) in [7, 11) is 5.41. The molecule has 0 aromatic heterocycles. The molecule has 3 rings (SSSR count). The second-order valence-corrected chi connectivity index (χ2v) is 7.07. The van der Waals surface area contributed by atoms with Crippen LogP contribution in [0.3, 0.4) is 0 Å². The highest BCUT2D eigenvalue weighted by atomic mass is 16.5. The minimum Gasteiger partial charge on any atom is -0.497 e. The van der Waals surface area contributed by atoms with Gasteiger partial charge in [-0.3, -0.25) is 9.69 Å². The van der Waals surface area contributed by atoms with Crippen molar-refractivity contribution in [3.8, 4) is 11.5 Å². The Bertz CT molecular complexity index is 771. The third-order valence-corrected chi connectivity index (χ3v) is 5.27. The fourth-order valence-electron chi connectivity index (χ4n) is 3.47. The molecule has 1 atom stereocenters. The zero-order valence-corrected chi connectivity index (χ0v) is 16.9. The number of hydrogen-bond acceptors (Lipinski definition) is 5. The maximum absolute atomic E-state index is 12.7. The number of ether oxygens (including phenoxy) is 2. The molecule has 2 aromatic rings. The molecule has 1 saturated heterocycles. The van der Waals surface area contributed by atoms with E-state index in [1.165, 1.54) is 5.56 Å². The maximum Gasteiger partial charge on any atom is 0.251 e. The molecule has 0 aliphatic carbocycles. The minimum absolute atomic E-state index is 0.0912. The van der Waals surface area contributed by atoms with Crippen LogP contribution < -0.4 is 14.8 Å². The van der Waals surface area contributed by atoms with Gasteiger partial charge in [0.1, 0.15) is 11.5 Å². The number of likely N-dealkylation sites (N-methyl/N-ethyl adjacent to an activating group) is 1. The summed E-state index contributed by atoms with van der Waals surface area (Å²) in [4.78, 5) is 17.4. The molecular formula is C22H29N3O3. The number of carbonyl (C=O) groups is 1. The molecule has 1 fully saturated rings. The molecule has 0 saturated carbocycles. The fraction of sp³-hybridized carbons (Fsp3) is 0.409. The number of methoxy groups -OCH3 is 2. The van der Waals surface area contributed by atoms with Crippen LogP contribution in [0.2, 0.25) is 0 Å². The van der Waals surface area contributed by atoms with Crippen LogP contribution in [0.15, 0.2) is 48.5 Å². The number of nitrogens with one attached hydrogen (secondary N) is 1. The molecule has 2 aromatic carbocycles. The van der Waals surface area contributed by atoms with E-state index in [1.807, 2.05) is 24.3 Å². The van der Waals surface area contributed by atoms with Gasteiger partial charge in [-0.1, -0.05) is 18.2 Å². The number of hydrogen-bond donors (Lipinski definition) is 1. The first-order valence-electron chi connectivity index (χ1n) is 9.59. The second kappa shape index (κ2) is 9.57. The summed E-state index contributed by atoms with van der Waals surface area (Å²) >= 11 is 0. The molecule has 6 nitrogen and oxygen atoms in total. The van der Waals surface area contributed by atoms with E-state index < -0.39 is 0 Å². The van der Waals surface area contributed by atoms with E-state index in [4.69, 9.17) is 9.47 Å². The molecule has 1 N–H and O–H groups in total. The normalized spacial score (nSPS) is 16.4. The molecule has 28 heavy (non-hydrogen) atoms. The lowest BCUT2D eigenvalue weighted by molar-refractivity contribution is 0.0886. The lowest BCUT2D eigenvalue weighted by Crippen LogP contribution is -2.48. The molecular weight excluding hydrogens is 354 g/mol. The third-order valence-electron chi connectivity index (χ3n) is 5.27. The summed E-state index contributed by atoms with van der Waals surface area (Å²) < 4.78 is 10.5. The summed E-state index contributed by atoms with van der Waals surface area (Å²) in [6, 6.07) is 15.5. The van der Waals surface area contributed by atoms with Crippen molar-refractivity contribution in [2.45, 2.75) is 6.04 Å². The topological polar surface area (TPSA) is 54.0 Å². The van der Waals surface area contributed by atoms with Crippen molar-refractivity contribution in [3.05, 3.63) is 59.7 Å². The molecule has 6 heteroatoms. The second-order valence-electron chi connectivity index (χ2n) is 7.07. The smallest absolute Gasteiger partial charge is 0.251 e. The number of carbonyl (C=O) groups excluding carboxylic acids is 1. The highest BCUT2D eigenvalue weighted by molar-refractivity contribution is 5.94. The van der Waals surface area contributed by atoms with Crippen LogP contribution in [0.25, 0.3) is 0 Å². The number of nitrogens with zero attached hydrogens (tertiary/aromatic N) is 2. The Labute approximate surface area is 167 Å². The van der Waals surface area contributed by atoms with Gasteiger partial charge in [0, 0.05) is 38.3 Å². The van der Waals surface area contributed by atoms with Gasteiger partial charge < -0.3 is 19.7 Å². The molecule has 1 heterocycles. The first-order valence-corrected chi connectivity index (χ1v) is 9.59. The van der Waals surface area contributed by atoms with E-state index >= 15 is 0 Å². The zero-order valence-electron chi connectivity index (χ0n) is 16.9. The summed E-state index contributed by atoms with van der Waals surface area (Å²) in [5.41, 5.74) is 1.78. The minimum atomic E-state index is -0.0912. The first-order chi connectivity index (χ1) is 13.6. The Morgan fingerprint density at radius 1 is 1.00 bits per heavy atom. The predicted molar refractivity (Wildman–Crippen MR) is 110 cm³/mol. The fourth-order valence-corrected chi connectivity index (χ4v) is 3.47. The molecule has 1 amide bonds. The molecule has 0 radical (unpaired) electrons. The van der Waals surface area contributed by atoms with Gasteiger partial charge >= 0.3 is 0 Å². The quantitative estimate of drug-likeness (QED) is 0.796. The van der Waals surface area contributed by atoms with Crippen LogP contribution in [0.5, 0.6) is 11.5 Å². The highest BCUT2D eigenvalue weighted by Gasteiger charge is 2.24. The van der Waals surface area contributed by atoms with Crippen LogP contribution in [-0.4, -0.2) is 69.7 Å². The summed E-state index contributed by atoms with van der Waals surface area (Å²) in [6.07, 6.45) is 0. The SMILES string of the molecule is COc1ccc([C@@H](CNC(=O)c2cccc(OC)c2)N2CCN(C)CC2)cc1. The number of piperazine rings is 1. The van der Waals surface area contributed by atoms with Crippen LogP contribution in [-0.2, 0) is 0 Å². The van der Waals surface area contributed by atoms with Gasteiger partial charge in [-0.25, -0.2) is 0 Å². The summed E-state index contributed by atoms with van der Waals surface area (Å²) in [5.74, 6) is 1.42. The molecule has 150 valence electrons. The standard InChI is InChI=1S/C22H29N3O3/c1-24-11-13-25(14-12-24)21(17-7-9-19(27-2)10-8-17)16-23-22(26)18-5-4-6-20(15-18)28-3/h4-10,15,21H,11-14,16H2,1-3H3,(H,23,26)/t21-/m1/s1. The van der Waals surface area contributed by atoms with E-state index in [2.05, 4.69) is 34.3 Å². The molecule has 0 unspecified atom stereocenters. The first kappa shape index (κ1) is 20.2. The van der Waals surface area contributed by atoms with Crippen molar-refractivity contribution >= 4 is 5.91 Å². The largest absolute Gasteiger partial charge is 0.497 e. The summed E-state index contributed by atoms with van der Waals surface area (Å²) in [5, 5.41) is 3.10. The van der Waals surface area contributed by atoms with Gasteiger partial charge in [0.25, 0.3) is 5.91 Å². The number of amides is 1. The predicted octanol–water partition coefficient (Wildman–Crippen LogP) is 2.42. The van der Waals surface area contributed by atoms with E-state index in [1.54, 1.807) is 26.4 Å². The Morgan fingerprint density at radius 2 is 1.68 bits per heavy atom. The van der Waals surface area contributed by atoms with E-state index in [9.17, 15) is 4.79 Å². The van der Waals surface area contributed by atoms with Crippen molar-refractivity contribution in [3.63, 3.8) is 0 Å². The monoisotopic (exact) mass is 383 g/mol. The van der Waals surface area contributed by atoms with Crippen molar-refractivity contribution in [1.82, 2.24) is 15.1 Å². The van der Waals surface area contributed by atoms with Crippen molar-refractivity contribution in [2.75, 3.05) is 54.0 Å². The van der Waals surface area contributed by atoms with Crippen molar-refractivity contribution < 1.29 is 14.3 Å². The highest BCUT2D eigenvalue weighted by Crippen LogP contribution is 2.24. The van der Waals surface area contributed by atoms with Gasteiger partial charge in [-0.05, 0) is 42.9 Å². The van der Waals surface area contributed by atoms with E-state index in [-0.39, 0.29) is 11.9 Å². The van der Waals surface area contributed by atoms with Crippen LogP contribution in [0, 0.1) is 0 Å².